The van der Waals surface area contributed by atoms with Crippen molar-refractivity contribution in [3.8, 4) is 5.69 Å². The minimum atomic E-state index is -0.388. The summed E-state index contributed by atoms with van der Waals surface area (Å²) in [6.45, 7) is 7.31. The lowest BCUT2D eigenvalue weighted by molar-refractivity contribution is -0.136. The van der Waals surface area contributed by atoms with Crippen LogP contribution in [-0.2, 0) is 9.59 Å². The zero-order chi connectivity index (χ0) is 22.1. The molecule has 0 unspecified atom stereocenters. The van der Waals surface area contributed by atoms with Gasteiger partial charge in [-0.25, -0.2) is 0 Å². The number of nitrogens with zero attached hydrogens (tertiary/aromatic N) is 3. The molecular weight excluding hydrogens is 410 g/mol. The van der Waals surface area contributed by atoms with Crippen LogP contribution in [0.5, 0.6) is 0 Å². The lowest BCUT2D eigenvalue weighted by Gasteiger charge is -2.27. The number of aromatic nitrogens is 1. The number of benzene rings is 1. The molecule has 31 heavy (non-hydrogen) atoms. The zero-order valence-electron chi connectivity index (χ0n) is 18.2. The fourth-order valence-electron chi connectivity index (χ4n) is 4.18. The van der Waals surface area contributed by atoms with Crippen molar-refractivity contribution in [2.24, 2.45) is 0 Å². The number of rotatable bonds is 4. The highest BCUT2D eigenvalue weighted by Crippen LogP contribution is 2.34. The van der Waals surface area contributed by atoms with E-state index in [9.17, 15) is 14.4 Å². The third-order valence-electron chi connectivity index (χ3n) is 5.92. The lowest BCUT2D eigenvalue weighted by atomic mass is 10.1. The van der Waals surface area contributed by atoms with Crippen molar-refractivity contribution in [2.45, 2.75) is 40.0 Å². The number of carbonyl (C=O) groups is 3. The molecule has 2 aromatic rings. The number of hydrogen-bond donors (Lipinski definition) is 0. The van der Waals surface area contributed by atoms with E-state index < -0.39 is 0 Å². The first-order valence-corrected chi connectivity index (χ1v) is 11.5. The van der Waals surface area contributed by atoms with Crippen LogP contribution in [0.15, 0.2) is 35.2 Å². The largest absolute Gasteiger partial charge is 0.341 e. The van der Waals surface area contributed by atoms with E-state index in [0.29, 0.717) is 18.0 Å². The van der Waals surface area contributed by atoms with Gasteiger partial charge in [-0.15, -0.1) is 0 Å². The van der Waals surface area contributed by atoms with Crippen molar-refractivity contribution in [3.63, 3.8) is 0 Å². The average molecular weight is 438 g/mol. The number of hydrogen-bond acceptors (Lipinski definition) is 4. The quantitative estimate of drug-likeness (QED) is 0.663. The lowest BCUT2D eigenvalue weighted by Crippen LogP contribution is -2.44. The van der Waals surface area contributed by atoms with Crippen LogP contribution in [0.1, 0.15) is 41.8 Å². The molecule has 4 rings (SSSR count). The number of aryl methyl sites for hydroxylation is 2. The summed E-state index contributed by atoms with van der Waals surface area (Å²) in [6.07, 6.45) is 4.84. The van der Waals surface area contributed by atoms with Crippen LogP contribution in [0.4, 0.5) is 4.79 Å². The molecular formula is C24H27N3O3S. The maximum absolute atomic E-state index is 12.9. The summed E-state index contributed by atoms with van der Waals surface area (Å²) >= 11 is 0.905. The minimum Gasteiger partial charge on any atom is -0.341 e. The van der Waals surface area contributed by atoms with Crippen LogP contribution in [0, 0.1) is 20.8 Å². The fraction of sp³-hybridized carbons (Fsp3) is 0.375. The number of carbonyl (C=O) groups excluding carboxylic acids is 3. The second-order valence-electron chi connectivity index (χ2n) is 8.21. The van der Waals surface area contributed by atoms with E-state index in [0.717, 1.165) is 58.6 Å². The number of thioether (sulfide) groups is 1. The number of imide groups is 1. The van der Waals surface area contributed by atoms with Crippen molar-refractivity contribution >= 4 is 34.9 Å². The summed E-state index contributed by atoms with van der Waals surface area (Å²) < 4.78 is 2.13. The summed E-state index contributed by atoms with van der Waals surface area (Å²) in [7, 11) is 0. The minimum absolute atomic E-state index is 0.152. The van der Waals surface area contributed by atoms with Crippen LogP contribution in [-0.4, -0.2) is 51.1 Å². The van der Waals surface area contributed by atoms with Gasteiger partial charge in [0.1, 0.15) is 6.54 Å². The topological polar surface area (TPSA) is 62.6 Å². The third-order valence-corrected chi connectivity index (χ3v) is 6.83. The summed E-state index contributed by atoms with van der Waals surface area (Å²) in [5.74, 6) is -0.540. The number of amides is 3. The molecule has 1 aromatic carbocycles. The van der Waals surface area contributed by atoms with E-state index in [2.05, 4.69) is 35.8 Å². The number of piperidine rings is 1. The van der Waals surface area contributed by atoms with Gasteiger partial charge in [-0.05, 0) is 81.6 Å². The predicted molar refractivity (Wildman–Crippen MR) is 123 cm³/mol. The molecule has 2 aliphatic rings. The Kier molecular flexibility index (Phi) is 6.05. The summed E-state index contributed by atoms with van der Waals surface area (Å²) in [5.41, 5.74) is 5.19. The highest BCUT2D eigenvalue weighted by Gasteiger charge is 2.37. The standard InChI is InChI=1S/C24H27N3O3S/c1-16-7-9-20(10-8-16)27-17(2)13-19(18(27)3)14-21-23(29)26(24(30)31-21)15-22(28)25-11-5-4-6-12-25/h7-10,13-14H,4-6,11-12,15H2,1-3H3/b21-14+. The van der Waals surface area contributed by atoms with Crippen LogP contribution in [0.25, 0.3) is 11.8 Å². The molecule has 2 fully saturated rings. The van der Waals surface area contributed by atoms with Gasteiger partial charge in [0.2, 0.25) is 5.91 Å². The van der Waals surface area contributed by atoms with Crippen molar-refractivity contribution in [3.05, 3.63) is 57.8 Å². The Morgan fingerprint density at radius 2 is 1.71 bits per heavy atom. The van der Waals surface area contributed by atoms with E-state index in [1.54, 1.807) is 11.0 Å². The van der Waals surface area contributed by atoms with Crippen molar-refractivity contribution in [2.75, 3.05) is 19.6 Å². The maximum atomic E-state index is 12.9. The SMILES string of the molecule is Cc1ccc(-n2c(C)cc(/C=C3/SC(=O)N(CC(=O)N4CCCCC4)C3=O)c2C)cc1. The highest BCUT2D eigenvalue weighted by molar-refractivity contribution is 8.18. The summed E-state index contributed by atoms with van der Waals surface area (Å²) in [4.78, 5) is 41.1. The van der Waals surface area contributed by atoms with Crippen LogP contribution in [0.2, 0.25) is 0 Å². The Morgan fingerprint density at radius 1 is 1.03 bits per heavy atom. The molecule has 0 spiro atoms. The molecule has 2 aliphatic heterocycles. The molecule has 1 aromatic heterocycles. The van der Waals surface area contributed by atoms with E-state index in [-0.39, 0.29) is 23.6 Å². The Morgan fingerprint density at radius 3 is 2.39 bits per heavy atom. The van der Waals surface area contributed by atoms with Crippen molar-refractivity contribution in [1.29, 1.82) is 0 Å². The maximum Gasteiger partial charge on any atom is 0.294 e. The Labute approximate surface area is 186 Å². The number of likely N-dealkylation sites (tertiary alicyclic amines) is 1. The monoisotopic (exact) mass is 437 g/mol. The van der Waals surface area contributed by atoms with Gasteiger partial charge in [-0.3, -0.25) is 19.3 Å². The van der Waals surface area contributed by atoms with E-state index in [1.807, 2.05) is 19.9 Å². The van der Waals surface area contributed by atoms with Gasteiger partial charge < -0.3 is 9.47 Å². The van der Waals surface area contributed by atoms with E-state index >= 15 is 0 Å². The van der Waals surface area contributed by atoms with Gasteiger partial charge in [-0.1, -0.05) is 17.7 Å². The first-order chi connectivity index (χ1) is 14.8. The molecule has 0 radical (unpaired) electrons. The molecule has 2 saturated heterocycles. The smallest absolute Gasteiger partial charge is 0.294 e. The Balaban J connectivity index is 1.55. The molecule has 0 N–H and O–H groups in total. The van der Waals surface area contributed by atoms with Crippen LogP contribution < -0.4 is 0 Å². The first-order valence-electron chi connectivity index (χ1n) is 10.6. The van der Waals surface area contributed by atoms with E-state index in [4.69, 9.17) is 0 Å². The molecule has 0 bridgehead atoms. The van der Waals surface area contributed by atoms with Crippen LogP contribution >= 0.6 is 11.8 Å². The second-order valence-corrected chi connectivity index (χ2v) is 9.20. The Bertz CT molecular complexity index is 1060. The third kappa shape index (κ3) is 4.32. The molecule has 6 nitrogen and oxygen atoms in total. The van der Waals surface area contributed by atoms with Crippen molar-refractivity contribution in [1.82, 2.24) is 14.4 Å². The average Bonchev–Trinajstić information content (AvgIpc) is 3.19. The highest BCUT2D eigenvalue weighted by atomic mass is 32.2. The molecule has 0 saturated carbocycles. The molecule has 3 heterocycles. The summed E-state index contributed by atoms with van der Waals surface area (Å²) in [6, 6.07) is 10.3. The van der Waals surface area contributed by atoms with Gasteiger partial charge in [0, 0.05) is 30.2 Å². The first kappa shape index (κ1) is 21.4. The van der Waals surface area contributed by atoms with Crippen LogP contribution in [0.3, 0.4) is 0 Å². The molecule has 7 heteroatoms. The molecule has 3 amide bonds. The van der Waals surface area contributed by atoms with Gasteiger partial charge in [0.15, 0.2) is 0 Å². The van der Waals surface area contributed by atoms with Gasteiger partial charge in [-0.2, -0.15) is 0 Å². The van der Waals surface area contributed by atoms with E-state index in [1.165, 1.54) is 5.56 Å². The van der Waals surface area contributed by atoms with Gasteiger partial charge in [0.25, 0.3) is 11.1 Å². The Hall–Kier alpha value is -2.80. The summed E-state index contributed by atoms with van der Waals surface area (Å²) in [5, 5.41) is -0.381. The molecule has 0 aliphatic carbocycles. The normalized spacial score (nSPS) is 18.4. The molecule has 162 valence electrons. The van der Waals surface area contributed by atoms with Gasteiger partial charge >= 0.3 is 0 Å². The second kappa shape index (κ2) is 8.75. The fourth-order valence-corrected chi connectivity index (χ4v) is 5.01. The molecule has 0 atom stereocenters. The predicted octanol–water partition coefficient (Wildman–Crippen LogP) is 4.45. The zero-order valence-corrected chi connectivity index (χ0v) is 19.0. The van der Waals surface area contributed by atoms with Gasteiger partial charge in [0.05, 0.1) is 4.91 Å². The van der Waals surface area contributed by atoms with Crippen molar-refractivity contribution < 1.29 is 14.4 Å².